The Bertz CT molecular complexity index is 348. The molecule has 5 heteroatoms. The molecule has 0 aromatic heterocycles. The first-order chi connectivity index (χ1) is 9.01. The molecule has 2 aliphatic rings. The summed E-state index contributed by atoms with van der Waals surface area (Å²) < 4.78 is 16.5. The highest BCUT2D eigenvalue weighted by Crippen LogP contribution is 2.31. The fourth-order valence-corrected chi connectivity index (χ4v) is 2.77. The van der Waals surface area contributed by atoms with Crippen LogP contribution in [-0.2, 0) is 23.8 Å². The standard InChI is InChI=1S/C14H22O5/c1-10(15)19-14(2)8-5-6-11(13(14)16)18-12-7-3-4-9-17-12/h11-12H,3-9H2,1-2H3. The van der Waals surface area contributed by atoms with Crippen LogP contribution in [0.5, 0.6) is 0 Å². The van der Waals surface area contributed by atoms with E-state index in [1.54, 1.807) is 6.92 Å². The zero-order chi connectivity index (χ0) is 13.9. The van der Waals surface area contributed by atoms with E-state index in [0.717, 1.165) is 25.7 Å². The van der Waals surface area contributed by atoms with Crippen LogP contribution in [0, 0.1) is 0 Å². The SMILES string of the molecule is CC(=O)OC1(C)CCCC(OC2CCCCO2)C1=O. The molecule has 108 valence electrons. The van der Waals surface area contributed by atoms with Crippen LogP contribution in [0.2, 0.25) is 0 Å². The summed E-state index contributed by atoms with van der Waals surface area (Å²) in [6.07, 6.45) is 4.19. The molecule has 1 saturated heterocycles. The maximum atomic E-state index is 12.4. The third-order valence-electron chi connectivity index (χ3n) is 3.76. The molecule has 2 rings (SSSR count). The summed E-state index contributed by atoms with van der Waals surface area (Å²) in [5.74, 6) is -0.562. The van der Waals surface area contributed by atoms with Crippen LogP contribution in [0.3, 0.4) is 0 Å². The van der Waals surface area contributed by atoms with Crippen molar-refractivity contribution in [3.8, 4) is 0 Å². The molecule has 0 amide bonds. The number of carbonyl (C=O) groups excluding carboxylic acids is 2. The lowest BCUT2D eigenvalue weighted by Gasteiger charge is -2.37. The molecule has 19 heavy (non-hydrogen) atoms. The van der Waals surface area contributed by atoms with Gasteiger partial charge in [-0.1, -0.05) is 0 Å². The number of rotatable bonds is 3. The summed E-state index contributed by atoms with van der Waals surface area (Å²) in [6, 6.07) is 0. The predicted octanol–water partition coefficient (Wildman–Crippen LogP) is 1.97. The number of hydrogen-bond donors (Lipinski definition) is 0. The predicted molar refractivity (Wildman–Crippen MR) is 67.5 cm³/mol. The molecule has 0 aromatic rings. The minimum atomic E-state index is -1.04. The Morgan fingerprint density at radius 2 is 2.11 bits per heavy atom. The third kappa shape index (κ3) is 3.54. The van der Waals surface area contributed by atoms with Crippen LogP contribution in [0.4, 0.5) is 0 Å². The highest BCUT2D eigenvalue weighted by molar-refractivity contribution is 5.93. The van der Waals surface area contributed by atoms with Crippen molar-refractivity contribution in [1.82, 2.24) is 0 Å². The Morgan fingerprint density at radius 1 is 1.32 bits per heavy atom. The molecular weight excluding hydrogens is 248 g/mol. The van der Waals surface area contributed by atoms with Gasteiger partial charge in [-0.3, -0.25) is 9.59 Å². The number of ketones is 1. The van der Waals surface area contributed by atoms with Gasteiger partial charge in [0.25, 0.3) is 0 Å². The van der Waals surface area contributed by atoms with Crippen LogP contribution < -0.4 is 0 Å². The summed E-state index contributed by atoms with van der Waals surface area (Å²) in [6.45, 7) is 3.69. The Kier molecular flexibility index (Phi) is 4.58. The summed E-state index contributed by atoms with van der Waals surface area (Å²) in [5, 5.41) is 0. The van der Waals surface area contributed by atoms with Gasteiger partial charge >= 0.3 is 5.97 Å². The summed E-state index contributed by atoms with van der Waals surface area (Å²) in [5.41, 5.74) is -1.04. The van der Waals surface area contributed by atoms with Crippen molar-refractivity contribution in [2.75, 3.05) is 6.61 Å². The number of hydrogen-bond acceptors (Lipinski definition) is 5. The van der Waals surface area contributed by atoms with E-state index >= 15 is 0 Å². The van der Waals surface area contributed by atoms with Gasteiger partial charge in [0.05, 0.1) is 0 Å². The minimum absolute atomic E-state index is 0.136. The molecule has 5 nitrogen and oxygen atoms in total. The summed E-state index contributed by atoms with van der Waals surface area (Å²) in [4.78, 5) is 23.5. The minimum Gasteiger partial charge on any atom is -0.451 e. The van der Waals surface area contributed by atoms with Gasteiger partial charge in [0.1, 0.15) is 6.10 Å². The second kappa shape index (κ2) is 6.01. The number of carbonyl (C=O) groups is 2. The Labute approximate surface area is 113 Å². The fourth-order valence-electron chi connectivity index (χ4n) is 2.77. The number of esters is 1. The maximum absolute atomic E-state index is 12.4. The van der Waals surface area contributed by atoms with Crippen LogP contribution >= 0.6 is 0 Å². The van der Waals surface area contributed by atoms with E-state index in [4.69, 9.17) is 14.2 Å². The maximum Gasteiger partial charge on any atom is 0.303 e. The van der Waals surface area contributed by atoms with Crippen molar-refractivity contribution < 1.29 is 23.8 Å². The first-order valence-corrected chi connectivity index (χ1v) is 7.02. The van der Waals surface area contributed by atoms with Gasteiger partial charge in [-0.15, -0.1) is 0 Å². The van der Waals surface area contributed by atoms with Crippen LogP contribution in [0.15, 0.2) is 0 Å². The van der Waals surface area contributed by atoms with Crippen molar-refractivity contribution in [1.29, 1.82) is 0 Å². The quantitative estimate of drug-likeness (QED) is 0.734. The van der Waals surface area contributed by atoms with E-state index in [-0.39, 0.29) is 12.1 Å². The Hall–Kier alpha value is -0.940. The molecule has 0 N–H and O–H groups in total. The van der Waals surface area contributed by atoms with E-state index in [1.165, 1.54) is 6.92 Å². The van der Waals surface area contributed by atoms with Crippen LogP contribution in [0.1, 0.15) is 52.4 Å². The number of Topliss-reactive ketones (excluding diaryl/α,β-unsaturated/α-hetero) is 1. The monoisotopic (exact) mass is 270 g/mol. The highest BCUT2D eigenvalue weighted by Gasteiger charge is 2.45. The lowest BCUT2D eigenvalue weighted by atomic mass is 9.83. The van der Waals surface area contributed by atoms with E-state index in [9.17, 15) is 9.59 Å². The zero-order valence-electron chi connectivity index (χ0n) is 11.6. The lowest BCUT2D eigenvalue weighted by molar-refractivity contribution is -0.207. The molecule has 0 radical (unpaired) electrons. The topological polar surface area (TPSA) is 61.8 Å². The van der Waals surface area contributed by atoms with E-state index in [2.05, 4.69) is 0 Å². The van der Waals surface area contributed by atoms with Crippen LogP contribution in [-0.4, -0.2) is 36.4 Å². The van der Waals surface area contributed by atoms with Gasteiger partial charge in [-0.25, -0.2) is 0 Å². The smallest absolute Gasteiger partial charge is 0.303 e. The average Bonchev–Trinajstić information content (AvgIpc) is 2.36. The average molecular weight is 270 g/mol. The molecule has 2 fully saturated rings. The normalized spacial score (nSPS) is 36.0. The molecule has 0 bridgehead atoms. The molecule has 1 heterocycles. The van der Waals surface area contributed by atoms with E-state index in [0.29, 0.717) is 19.4 Å². The largest absolute Gasteiger partial charge is 0.451 e. The van der Waals surface area contributed by atoms with Crippen LogP contribution in [0.25, 0.3) is 0 Å². The van der Waals surface area contributed by atoms with Gasteiger partial charge in [0.15, 0.2) is 11.9 Å². The summed E-state index contributed by atoms with van der Waals surface area (Å²) in [7, 11) is 0. The first kappa shape index (κ1) is 14.5. The first-order valence-electron chi connectivity index (χ1n) is 7.02. The van der Waals surface area contributed by atoms with E-state index < -0.39 is 17.7 Å². The summed E-state index contributed by atoms with van der Waals surface area (Å²) >= 11 is 0. The molecule has 1 aliphatic heterocycles. The van der Waals surface area contributed by atoms with Gasteiger partial charge < -0.3 is 14.2 Å². The fraction of sp³-hybridized carbons (Fsp3) is 0.857. The molecule has 1 aliphatic carbocycles. The van der Waals surface area contributed by atoms with Crippen molar-refractivity contribution in [3.63, 3.8) is 0 Å². The third-order valence-corrected chi connectivity index (χ3v) is 3.76. The lowest BCUT2D eigenvalue weighted by Crippen LogP contribution is -2.51. The van der Waals surface area contributed by atoms with Gasteiger partial charge in [-0.2, -0.15) is 0 Å². The Morgan fingerprint density at radius 3 is 2.74 bits per heavy atom. The van der Waals surface area contributed by atoms with Gasteiger partial charge in [0.2, 0.25) is 5.78 Å². The molecule has 3 unspecified atom stereocenters. The van der Waals surface area contributed by atoms with Gasteiger partial charge in [-0.05, 0) is 45.4 Å². The number of ether oxygens (including phenoxy) is 3. The zero-order valence-corrected chi connectivity index (χ0v) is 11.6. The second-order valence-electron chi connectivity index (χ2n) is 5.50. The molecule has 0 aromatic carbocycles. The molecular formula is C14H22O5. The van der Waals surface area contributed by atoms with Crippen molar-refractivity contribution >= 4 is 11.8 Å². The second-order valence-corrected chi connectivity index (χ2v) is 5.50. The van der Waals surface area contributed by atoms with Crippen molar-refractivity contribution in [2.24, 2.45) is 0 Å². The van der Waals surface area contributed by atoms with E-state index in [1.807, 2.05) is 0 Å². The molecule has 1 saturated carbocycles. The van der Waals surface area contributed by atoms with Gasteiger partial charge in [0, 0.05) is 13.5 Å². The molecule has 3 atom stereocenters. The molecule has 0 spiro atoms. The van der Waals surface area contributed by atoms with Crippen molar-refractivity contribution in [2.45, 2.75) is 70.4 Å². The highest BCUT2D eigenvalue weighted by atomic mass is 16.7. The van der Waals surface area contributed by atoms with Crippen molar-refractivity contribution in [3.05, 3.63) is 0 Å². The Balaban J connectivity index is 1.97.